The van der Waals surface area contributed by atoms with Gasteiger partial charge < -0.3 is 77.2 Å². The van der Waals surface area contributed by atoms with Crippen LogP contribution in [0.1, 0.15) is 180 Å². The van der Waals surface area contributed by atoms with Gasteiger partial charge in [0, 0.05) is 43.9 Å². The second-order valence-electron chi connectivity index (χ2n) is 29.1. The summed E-state index contributed by atoms with van der Waals surface area (Å²) >= 11 is 0. The third-order valence-electron chi connectivity index (χ3n) is 16.5. The van der Waals surface area contributed by atoms with Crippen molar-refractivity contribution < 1.29 is 76.5 Å². The Morgan fingerprint density at radius 2 is 1.00 bits per heavy atom. The zero-order valence-electron chi connectivity index (χ0n) is 60.3. The van der Waals surface area contributed by atoms with Crippen molar-refractivity contribution in [3.05, 3.63) is 46.3 Å². The molecule has 31 nitrogen and oxygen atoms in total. The second kappa shape index (κ2) is 39.1. The molecule has 0 radical (unpaired) electrons. The third kappa shape index (κ3) is 27.8. The fourth-order valence-corrected chi connectivity index (χ4v) is 11.7. The Hall–Kier alpha value is -8.76. The Morgan fingerprint density at radius 1 is 0.566 bits per heavy atom. The Balaban J connectivity index is 1.93. The fourth-order valence-electron chi connectivity index (χ4n) is 11.7. The van der Waals surface area contributed by atoms with E-state index < -0.39 is 167 Å². The quantitative estimate of drug-likeness (QED) is 0.0209. The molecule has 3 aliphatic heterocycles. The highest BCUT2D eigenvalue weighted by Gasteiger charge is 2.45. The number of fused-ring (bicyclic) bond motifs is 2. The zero-order chi connectivity index (χ0) is 74.1. The van der Waals surface area contributed by atoms with Gasteiger partial charge in [-0.3, -0.25) is 52.7 Å². The smallest absolute Gasteiger partial charge is 0.407 e. The predicted octanol–water partition coefficient (Wildman–Crippen LogP) is 3.75. The van der Waals surface area contributed by atoms with Crippen molar-refractivity contribution in [1.82, 2.24) is 63.0 Å². The predicted molar refractivity (Wildman–Crippen MR) is 365 cm³/mol. The molecule has 552 valence electrons. The van der Waals surface area contributed by atoms with E-state index in [0.717, 1.165) is 4.90 Å². The normalized spacial score (nSPS) is 24.8. The number of carbonyl (C=O) groups is 13. The number of ether oxygens (including phenoxy) is 3. The van der Waals surface area contributed by atoms with E-state index in [2.05, 4.69) is 63.2 Å². The summed E-state index contributed by atoms with van der Waals surface area (Å²) in [5.74, 6) is -10.9. The van der Waals surface area contributed by atoms with Crippen molar-refractivity contribution in [3.63, 3.8) is 0 Å². The van der Waals surface area contributed by atoms with Crippen LogP contribution >= 0.6 is 0 Å². The van der Waals surface area contributed by atoms with Crippen LogP contribution < -0.4 is 53.2 Å². The molecule has 0 unspecified atom stereocenters. The molecule has 0 saturated carbocycles. The minimum atomic E-state index is -1.50. The molecule has 0 bridgehead atoms. The fraction of sp³-hybridized carbons (Fsp3) is 0.721. The Morgan fingerprint density at radius 3 is 1.44 bits per heavy atom. The van der Waals surface area contributed by atoms with Gasteiger partial charge >= 0.3 is 18.2 Å². The first-order chi connectivity index (χ1) is 46.4. The van der Waals surface area contributed by atoms with E-state index in [4.69, 9.17) is 14.2 Å². The molecular formula is C68H109N15O16. The molecule has 3 heterocycles. The number of hydrogen-bond acceptors (Lipinski definition) is 17. The van der Waals surface area contributed by atoms with E-state index in [-0.39, 0.29) is 115 Å². The first-order valence-electron chi connectivity index (χ1n) is 34.6. The van der Waals surface area contributed by atoms with E-state index in [1.165, 1.54) is 4.90 Å². The van der Waals surface area contributed by atoms with Crippen molar-refractivity contribution in [2.75, 3.05) is 32.8 Å². The molecule has 10 N–H and O–H groups in total. The van der Waals surface area contributed by atoms with Gasteiger partial charge in [0.1, 0.15) is 71.6 Å². The second-order valence-corrected chi connectivity index (χ2v) is 29.1. The van der Waals surface area contributed by atoms with Gasteiger partial charge in [-0.25, -0.2) is 9.59 Å². The van der Waals surface area contributed by atoms with Gasteiger partial charge in [-0.1, -0.05) is 90.8 Å². The number of esters is 1. The molecule has 12 amide bonds. The standard InChI is InChI=1S/C68H109N15O16/c1-16-97-52(84)29-28-46-63(93)82-32-22-27-50(82)59(89)78-53(40(6)7)61(91)72-45(26-21-31-71-66(96)99-68(13,14)15)56(86)76-48(34-39(4)5)58(88)77-49(35-42-23-18-17-19-24-42)64(94)83-37-43(80-81-69)36-51(83)60(90)79-54(41(8)9)62(92)73-44(25-20-30-70-65(95)98-67(10,11)12)55(85)75-47(33-38(2)3)57(87)74-46/h17-19,23-24,38-41,43-51,53-54H,16,20-22,25-37H2,1-15H3,(H,70,95)(H,71,96)(H,72,91)(H,73,92)(H,74,87)(H,75,85)(H,76,86)(H,77,88)(H,78,89)(H,79,90)/t43-,44+,45+,46-,47+,48+,49-,50+,51+,53+,54+/m1/s1. The lowest BCUT2D eigenvalue weighted by Crippen LogP contribution is -2.62. The number of hydrogen-bond donors (Lipinski definition) is 10. The number of carbonyl (C=O) groups excluding carboxylic acids is 13. The lowest BCUT2D eigenvalue weighted by atomic mass is 9.99. The van der Waals surface area contributed by atoms with E-state index in [9.17, 15) is 63.1 Å². The molecule has 0 aliphatic carbocycles. The Kier molecular flexibility index (Phi) is 32.7. The number of nitrogens with one attached hydrogen (secondary N) is 10. The van der Waals surface area contributed by atoms with Crippen LogP contribution in [-0.2, 0) is 73.4 Å². The number of amides is 12. The Labute approximate surface area is 581 Å². The molecule has 1 aromatic carbocycles. The zero-order valence-corrected chi connectivity index (χ0v) is 60.3. The summed E-state index contributed by atoms with van der Waals surface area (Å²) < 4.78 is 16.0. The maximum Gasteiger partial charge on any atom is 0.407 e. The molecule has 0 aromatic heterocycles. The summed E-state index contributed by atoms with van der Waals surface area (Å²) in [6, 6.07) is -6.40. The van der Waals surface area contributed by atoms with Crippen LogP contribution in [0.2, 0.25) is 0 Å². The van der Waals surface area contributed by atoms with Crippen LogP contribution in [0, 0.1) is 23.7 Å². The molecule has 99 heavy (non-hydrogen) atoms. The van der Waals surface area contributed by atoms with Crippen molar-refractivity contribution >= 4 is 77.2 Å². The average Bonchev–Trinajstić information content (AvgIpc) is 1.72. The van der Waals surface area contributed by atoms with Crippen molar-refractivity contribution in [2.45, 2.75) is 259 Å². The highest BCUT2D eigenvalue weighted by molar-refractivity contribution is 6.00. The van der Waals surface area contributed by atoms with E-state index in [1.54, 1.807) is 134 Å². The molecular weight excluding hydrogens is 1280 g/mol. The molecule has 3 aliphatic rings. The largest absolute Gasteiger partial charge is 0.466 e. The SMILES string of the molecule is CCOC(=O)CC[C@H]1NC(=O)[C@H](CC(C)C)NC(=O)[C@H](CCCNC(=O)OC(C)(C)C)NC(=O)[C@H](C(C)C)NC(=O)[C@@H]2C[C@@H](N=[N+]=[N-])CN2C(=O)[C@@H](Cc2ccccc2)NC(=O)[C@H](CC(C)C)NC(=O)[C@H](CCCNC(=O)OC(C)(C)C)NC(=O)[C@H](C(C)C)NC(=O)[C@@H]2CCCN2C1=O. The Bertz CT molecular complexity index is 3020. The van der Waals surface area contributed by atoms with Crippen LogP contribution in [0.25, 0.3) is 10.4 Å². The first kappa shape index (κ1) is 82.7. The average molecular weight is 1390 g/mol. The highest BCUT2D eigenvalue weighted by Crippen LogP contribution is 2.26. The lowest BCUT2D eigenvalue weighted by Gasteiger charge is -2.33. The van der Waals surface area contributed by atoms with Gasteiger partial charge in [0.25, 0.3) is 0 Å². The molecule has 11 atom stereocenters. The topological polar surface area (TPSA) is 425 Å². The summed E-state index contributed by atoms with van der Waals surface area (Å²) in [6.07, 6.45) is -2.33. The van der Waals surface area contributed by atoms with Gasteiger partial charge in [0.15, 0.2) is 0 Å². The molecule has 0 spiro atoms. The van der Waals surface area contributed by atoms with Crippen molar-refractivity contribution in [1.29, 1.82) is 0 Å². The summed E-state index contributed by atoms with van der Waals surface area (Å²) in [7, 11) is 0. The monoisotopic (exact) mass is 1390 g/mol. The number of nitrogens with zero attached hydrogens (tertiary/aromatic N) is 5. The van der Waals surface area contributed by atoms with E-state index >= 15 is 4.79 Å². The minimum Gasteiger partial charge on any atom is -0.466 e. The molecule has 4 rings (SSSR count). The van der Waals surface area contributed by atoms with Gasteiger partial charge in [-0.05, 0) is 147 Å². The summed E-state index contributed by atoms with van der Waals surface area (Å²) in [4.78, 5) is 193. The van der Waals surface area contributed by atoms with Crippen molar-refractivity contribution in [3.8, 4) is 0 Å². The summed E-state index contributed by atoms with van der Waals surface area (Å²) in [6.45, 7) is 25.0. The maximum absolute atomic E-state index is 15.3. The van der Waals surface area contributed by atoms with E-state index in [1.807, 2.05) is 0 Å². The number of alkyl carbamates (subject to hydrolysis) is 2. The molecule has 1 aromatic rings. The highest BCUT2D eigenvalue weighted by atomic mass is 16.6. The molecule has 3 fully saturated rings. The first-order valence-corrected chi connectivity index (χ1v) is 34.6. The van der Waals surface area contributed by atoms with Crippen LogP contribution in [-0.4, -0.2) is 197 Å². The van der Waals surface area contributed by atoms with Gasteiger partial charge in [-0.15, -0.1) is 0 Å². The van der Waals surface area contributed by atoms with Crippen LogP contribution in [0.5, 0.6) is 0 Å². The van der Waals surface area contributed by atoms with Gasteiger partial charge in [-0.2, -0.15) is 0 Å². The molecule has 31 heteroatoms. The number of benzene rings is 1. The summed E-state index contributed by atoms with van der Waals surface area (Å²) in [5.41, 5.74) is 8.57. The minimum absolute atomic E-state index is 0.00426. The van der Waals surface area contributed by atoms with Crippen molar-refractivity contribution in [2.24, 2.45) is 28.8 Å². The van der Waals surface area contributed by atoms with Gasteiger partial charge in [0.05, 0.1) is 12.6 Å². The van der Waals surface area contributed by atoms with Gasteiger partial charge in [0.2, 0.25) is 59.1 Å². The lowest BCUT2D eigenvalue weighted by molar-refractivity contribution is -0.145. The number of rotatable bonds is 21. The summed E-state index contributed by atoms with van der Waals surface area (Å²) in [5, 5.41) is 31.3. The third-order valence-corrected chi connectivity index (χ3v) is 16.5. The number of azide groups is 1. The van der Waals surface area contributed by atoms with Crippen LogP contribution in [0.4, 0.5) is 9.59 Å². The van der Waals surface area contributed by atoms with Crippen LogP contribution in [0.15, 0.2) is 35.4 Å². The van der Waals surface area contributed by atoms with E-state index in [0.29, 0.717) is 12.0 Å². The maximum atomic E-state index is 15.3. The van der Waals surface area contributed by atoms with Crippen LogP contribution in [0.3, 0.4) is 0 Å². The molecule has 3 saturated heterocycles.